The number of nitrogens with zero attached hydrogens (tertiary/aromatic N) is 3. The summed E-state index contributed by atoms with van der Waals surface area (Å²) >= 11 is 0. The molecule has 1 aliphatic rings. The highest BCUT2D eigenvalue weighted by molar-refractivity contribution is 6.37. The summed E-state index contributed by atoms with van der Waals surface area (Å²) in [4.78, 5) is 22.5. The van der Waals surface area contributed by atoms with Gasteiger partial charge in [0.1, 0.15) is 0 Å². The number of allylic oxidation sites excluding steroid dienone is 2. The smallest absolute Gasteiger partial charge is 0.251 e. The summed E-state index contributed by atoms with van der Waals surface area (Å²) in [5.74, 6) is 1.64. The summed E-state index contributed by atoms with van der Waals surface area (Å²) in [6.07, 6.45) is 0. The van der Waals surface area contributed by atoms with E-state index in [2.05, 4.69) is 68.3 Å². The van der Waals surface area contributed by atoms with E-state index in [0.29, 0.717) is 11.1 Å². The van der Waals surface area contributed by atoms with Crippen LogP contribution in [0.2, 0.25) is 0 Å². The van der Waals surface area contributed by atoms with E-state index in [9.17, 15) is 4.79 Å². The quantitative estimate of drug-likeness (QED) is 0.114. The zero-order valence-electron chi connectivity index (χ0n) is 26.5. The van der Waals surface area contributed by atoms with Gasteiger partial charge < -0.3 is 15.1 Å². The minimum atomic E-state index is -0.690. The number of benzene rings is 6. The molecule has 0 radical (unpaired) electrons. The number of Topliss-reactive ketones (excluding diaryl/α,β-unsaturated/α-hetero) is 1. The SMILES string of the molecule is [C-]#[N+]C(=C=N)C1=C(c2ccc(NC)c3c(N(C)C)c4ccccc4cc23)C(=O)C1c1ccc(N(C)C)c2cc3ccccc3cc12. The number of rotatable bonds is 6. The molecule has 6 aromatic rings. The third kappa shape index (κ3) is 4.18. The molecule has 1 aliphatic carbocycles. The molecule has 0 heterocycles. The van der Waals surface area contributed by atoms with Gasteiger partial charge in [0.15, 0.2) is 5.78 Å². The minimum absolute atomic E-state index is 0.0588. The van der Waals surface area contributed by atoms with Crippen molar-refractivity contribution in [2.75, 3.05) is 50.4 Å². The lowest BCUT2D eigenvalue weighted by Crippen LogP contribution is -2.30. The van der Waals surface area contributed by atoms with Gasteiger partial charge in [-0.15, -0.1) is 0 Å². The van der Waals surface area contributed by atoms with Crippen LogP contribution >= 0.6 is 0 Å². The van der Waals surface area contributed by atoms with Crippen LogP contribution in [0.25, 0.3) is 53.5 Å². The van der Waals surface area contributed by atoms with Gasteiger partial charge in [0, 0.05) is 68.3 Å². The van der Waals surface area contributed by atoms with Crippen molar-refractivity contribution in [1.82, 2.24) is 0 Å². The average Bonchev–Trinajstić information content (AvgIpc) is 3.06. The molecule has 0 amide bonds. The number of nitrogens with one attached hydrogen (secondary N) is 2. The maximum Gasteiger partial charge on any atom is 0.251 e. The minimum Gasteiger partial charge on any atom is -0.388 e. The van der Waals surface area contributed by atoms with E-state index in [-0.39, 0.29) is 11.5 Å². The molecule has 0 bridgehead atoms. The predicted octanol–water partition coefficient (Wildman–Crippen LogP) is 8.64. The summed E-state index contributed by atoms with van der Waals surface area (Å²) in [5, 5.41) is 19.8. The molecule has 0 aliphatic heterocycles. The number of fused-ring (bicyclic) bond motifs is 4. The molecule has 6 aromatic carbocycles. The van der Waals surface area contributed by atoms with E-state index < -0.39 is 5.92 Å². The van der Waals surface area contributed by atoms with E-state index in [1.165, 1.54) is 0 Å². The summed E-state index contributed by atoms with van der Waals surface area (Å²) in [6.45, 7) is 8.02. The Hall–Kier alpha value is -5.89. The van der Waals surface area contributed by atoms with Crippen LogP contribution < -0.4 is 15.1 Å². The fourth-order valence-corrected chi connectivity index (χ4v) is 7.19. The molecular formula is C40H33N5O. The van der Waals surface area contributed by atoms with Crippen LogP contribution in [0.5, 0.6) is 0 Å². The summed E-state index contributed by atoms with van der Waals surface area (Å²) < 4.78 is 0. The number of hydrogen-bond donors (Lipinski definition) is 2. The standard InChI is InChI=1S/C40H33N5O/c1-42-32-17-15-28(31-21-25-13-9-10-14-26(25)39(35(31)32)45(5)6)37-38(33(22-41)43-2)36(40(37)46)27-16-18-34(44(3)4)30-20-24-12-8-7-11-23(24)19-29(27)30/h7-21,36,41-42H,1,3-6H3. The lowest BCUT2D eigenvalue weighted by molar-refractivity contribution is -0.115. The van der Waals surface area contributed by atoms with Crippen LogP contribution in [0.1, 0.15) is 17.0 Å². The number of hydrogen-bond acceptors (Lipinski definition) is 5. The fourth-order valence-electron chi connectivity index (χ4n) is 7.19. The summed E-state index contributed by atoms with van der Waals surface area (Å²) in [5.41, 5.74) is 5.74. The first-order chi connectivity index (χ1) is 22.3. The first-order valence-electron chi connectivity index (χ1n) is 15.2. The Labute approximate surface area is 268 Å². The van der Waals surface area contributed by atoms with Crippen LogP contribution in [0, 0.1) is 12.0 Å². The van der Waals surface area contributed by atoms with Crippen molar-refractivity contribution in [3.63, 3.8) is 0 Å². The van der Waals surface area contributed by atoms with Crippen molar-refractivity contribution < 1.29 is 4.79 Å². The van der Waals surface area contributed by atoms with Crippen molar-refractivity contribution in [2.45, 2.75) is 5.92 Å². The van der Waals surface area contributed by atoms with Gasteiger partial charge in [-0.2, -0.15) is 0 Å². The average molecular weight is 600 g/mol. The van der Waals surface area contributed by atoms with Crippen LogP contribution in [-0.2, 0) is 4.79 Å². The third-order valence-electron chi connectivity index (χ3n) is 9.22. The normalized spacial score (nSPS) is 14.3. The van der Waals surface area contributed by atoms with Crippen LogP contribution in [0.3, 0.4) is 0 Å². The number of ketones is 1. The predicted molar refractivity (Wildman–Crippen MR) is 194 cm³/mol. The number of carbonyl (C=O) groups is 1. The molecule has 0 aromatic heterocycles. The fraction of sp³-hybridized carbons (Fsp3) is 0.150. The van der Waals surface area contributed by atoms with Crippen molar-refractivity contribution in [3.8, 4) is 0 Å². The van der Waals surface area contributed by atoms with Gasteiger partial charge in [-0.3, -0.25) is 10.2 Å². The van der Waals surface area contributed by atoms with Crippen LogP contribution in [-0.4, -0.2) is 46.9 Å². The Morgan fingerprint density at radius 3 is 2.09 bits per heavy atom. The van der Waals surface area contributed by atoms with E-state index in [1.807, 2.05) is 83.8 Å². The van der Waals surface area contributed by atoms with Crippen molar-refractivity contribution >= 4 is 77.4 Å². The highest BCUT2D eigenvalue weighted by Gasteiger charge is 2.44. The second-order valence-corrected chi connectivity index (χ2v) is 12.2. The highest BCUT2D eigenvalue weighted by Crippen LogP contribution is 2.53. The van der Waals surface area contributed by atoms with Gasteiger partial charge in [0.05, 0.1) is 18.2 Å². The number of anilines is 3. The molecular weight excluding hydrogens is 566 g/mol. The van der Waals surface area contributed by atoms with Crippen LogP contribution in [0.4, 0.5) is 17.1 Å². The van der Waals surface area contributed by atoms with Gasteiger partial charge in [-0.1, -0.05) is 60.7 Å². The van der Waals surface area contributed by atoms with E-state index in [1.54, 1.807) is 0 Å². The highest BCUT2D eigenvalue weighted by atomic mass is 16.1. The Morgan fingerprint density at radius 1 is 0.804 bits per heavy atom. The third-order valence-corrected chi connectivity index (χ3v) is 9.22. The second-order valence-electron chi connectivity index (χ2n) is 12.2. The summed E-state index contributed by atoms with van der Waals surface area (Å²) in [7, 11) is 10.00. The maximum atomic E-state index is 14.6. The van der Waals surface area contributed by atoms with Crippen molar-refractivity contribution in [3.05, 3.63) is 125 Å². The van der Waals surface area contributed by atoms with E-state index in [0.717, 1.165) is 71.3 Å². The van der Waals surface area contributed by atoms with Gasteiger partial charge >= 0.3 is 0 Å². The molecule has 6 nitrogen and oxygen atoms in total. The first kappa shape index (κ1) is 28.9. The molecule has 0 spiro atoms. The molecule has 1 atom stereocenters. The van der Waals surface area contributed by atoms with Gasteiger partial charge in [0.25, 0.3) is 5.70 Å². The molecule has 1 unspecified atom stereocenters. The zero-order chi connectivity index (χ0) is 32.3. The van der Waals surface area contributed by atoms with Crippen molar-refractivity contribution in [2.24, 2.45) is 0 Å². The molecule has 0 saturated heterocycles. The topological polar surface area (TPSA) is 63.8 Å². The first-order valence-corrected chi connectivity index (χ1v) is 15.2. The molecule has 0 saturated carbocycles. The van der Waals surface area contributed by atoms with E-state index in [4.69, 9.17) is 12.0 Å². The Kier molecular flexibility index (Phi) is 6.85. The zero-order valence-corrected chi connectivity index (χ0v) is 26.5. The monoisotopic (exact) mass is 599 g/mol. The van der Waals surface area contributed by atoms with Crippen LogP contribution in [0.15, 0.2) is 102 Å². The Bertz CT molecular complexity index is 2400. The lowest BCUT2D eigenvalue weighted by atomic mass is 9.67. The van der Waals surface area contributed by atoms with Gasteiger partial charge in [-0.25, -0.2) is 4.85 Å². The van der Waals surface area contributed by atoms with E-state index >= 15 is 0 Å². The molecule has 7 rings (SSSR count). The Morgan fingerprint density at radius 2 is 1.46 bits per heavy atom. The molecule has 0 fully saturated rings. The summed E-state index contributed by atoms with van der Waals surface area (Å²) in [6, 6.07) is 31.0. The van der Waals surface area contributed by atoms with Crippen molar-refractivity contribution in [1.29, 1.82) is 5.41 Å². The lowest BCUT2D eigenvalue weighted by Gasteiger charge is -2.34. The largest absolute Gasteiger partial charge is 0.388 e. The Balaban J connectivity index is 1.56. The maximum absolute atomic E-state index is 14.6. The second kappa shape index (κ2) is 10.9. The van der Waals surface area contributed by atoms with Gasteiger partial charge in [-0.05, 0) is 79.8 Å². The molecule has 6 heteroatoms. The molecule has 2 N–H and O–H groups in total. The van der Waals surface area contributed by atoms with Gasteiger partial charge in [0.2, 0.25) is 0 Å². The molecule has 224 valence electrons. The number of carbonyl (C=O) groups excluding carboxylic acids is 1. The molecule has 46 heavy (non-hydrogen) atoms.